The number of hydrogen-bond acceptors (Lipinski definition) is 6. The molecule has 0 aliphatic rings. The van der Waals surface area contributed by atoms with Gasteiger partial charge in [0.2, 0.25) is 5.13 Å². The van der Waals surface area contributed by atoms with E-state index in [4.69, 9.17) is 0 Å². The lowest BCUT2D eigenvalue weighted by Crippen LogP contribution is -2.07. The molecule has 0 spiro atoms. The number of rotatable bonds is 6. The smallest absolute Gasteiger partial charge is 0.202 e. The van der Waals surface area contributed by atoms with Gasteiger partial charge in [-0.3, -0.25) is 0 Å². The van der Waals surface area contributed by atoms with Crippen molar-refractivity contribution in [3.05, 3.63) is 18.0 Å². The molecule has 0 bridgehead atoms. The van der Waals surface area contributed by atoms with Gasteiger partial charge in [0.15, 0.2) is 5.82 Å². The van der Waals surface area contributed by atoms with Crippen molar-refractivity contribution < 1.29 is 0 Å². The van der Waals surface area contributed by atoms with Gasteiger partial charge in [-0.25, -0.2) is 4.98 Å². The van der Waals surface area contributed by atoms with Crippen LogP contribution in [0.3, 0.4) is 0 Å². The van der Waals surface area contributed by atoms with Crippen LogP contribution in [-0.2, 0) is 19.5 Å². The predicted octanol–water partition coefficient (Wildman–Crippen LogP) is 1.71. The molecule has 17 heavy (non-hydrogen) atoms. The highest BCUT2D eigenvalue weighted by molar-refractivity contribution is 7.09. The van der Waals surface area contributed by atoms with E-state index in [-0.39, 0.29) is 0 Å². The Bertz CT molecular complexity index is 463. The van der Waals surface area contributed by atoms with Crippen LogP contribution in [0.15, 0.2) is 6.33 Å². The summed E-state index contributed by atoms with van der Waals surface area (Å²) in [4.78, 5) is 4.39. The molecule has 0 amide bonds. The molecule has 6 nitrogen and oxygen atoms in total. The van der Waals surface area contributed by atoms with Crippen molar-refractivity contribution in [2.45, 2.75) is 39.8 Å². The summed E-state index contributed by atoms with van der Waals surface area (Å²) in [5, 5.41) is 12.0. The zero-order valence-electron chi connectivity index (χ0n) is 10.1. The molecule has 1 N–H and O–H groups in total. The predicted molar refractivity (Wildman–Crippen MR) is 66.9 cm³/mol. The molecule has 2 aromatic heterocycles. The molecule has 2 heterocycles. The third-order valence-corrected chi connectivity index (χ3v) is 3.09. The largest absolute Gasteiger partial charge is 0.353 e. The molecule has 2 aromatic rings. The van der Waals surface area contributed by atoms with Crippen molar-refractivity contribution in [2.24, 2.45) is 0 Å². The average molecular weight is 252 g/mol. The van der Waals surface area contributed by atoms with Crippen LogP contribution in [0.5, 0.6) is 0 Å². The van der Waals surface area contributed by atoms with Crippen molar-refractivity contribution >= 4 is 16.7 Å². The van der Waals surface area contributed by atoms with Crippen LogP contribution < -0.4 is 5.32 Å². The van der Waals surface area contributed by atoms with Gasteiger partial charge in [0.1, 0.15) is 12.2 Å². The van der Waals surface area contributed by atoms with Gasteiger partial charge in [-0.1, -0.05) is 6.92 Å². The standard InChI is InChI=1S/C10H16N6S/c1-3-5-8-13-10(17-15-8)11-6-9-14-12-7-16(9)4-2/h7H,3-6H2,1-2H3,(H,11,13,15). The molecule has 0 aromatic carbocycles. The first kappa shape index (κ1) is 12.0. The maximum Gasteiger partial charge on any atom is 0.202 e. The molecule has 0 atom stereocenters. The first-order valence-corrected chi connectivity index (χ1v) is 6.54. The Kier molecular flexibility index (Phi) is 4.03. The van der Waals surface area contributed by atoms with E-state index in [9.17, 15) is 0 Å². The topological polar surface area (TPSA) is 68.5 Å². The zero-order valence-corrected chi connectivity index (χ0v) is 10.9. The third-order valence-electron chi connectivity index (χ3n) is 2.38. The lowest BCUT2D eigenvalue weighted by Gasteiger charge is -2.03. The number of hydrogen-bond donors (Lipinski definition) is 1. The van der Waals surface area contributed by atoms with E-state index in [1.165, 1.54) is 11.5 Å². The van der Waals surface area contributed by atoms with E-state index in [2.05, 4.69) is 38.7 Å². The van der Waals surface area contributed by atoms with Gasteiger partial charge in [0.25, 0.3) is 0 Å². The highest BCUT2D eigenvalue weighted by atomic mass is 32.1. The Morgan fingerprint density at radius 2 is 2.29 bits per heavy atom. The fourth-order valence-corrected chi connectivity index (χ4v) is 2.09. The summed E-state index contributed by atoms with van der Waals surface area (Å²) >= 11 is 1.40. The minimum absolute atomic E-state index is 0.634. The SMILES string of the molecule is CCCc1nsc(NCc2nncn2CC)n1. The van der Waals surface area contributed by atoms with Crippen LogP contribution >= 0.6 is 11.5 Å². The molecule has 0 unspecified atom stereocenters. The maximum atomic E-state index is 4.39. The van der Waals surface area contributed by atoms with E-state index < -0.39 is 0 Å². The summed E-state index contributed by atoms with van der Waals surface area (Å²) in [7, 11) is 0. The summed E-state index contributed by atoms with van der Waals surface area (Å²) in [6, 6.07) is 0. The first-order chi connectivity index (χ1) is 8.33. The lowest BCUT2D eigenvalue weighted by atomic mass is 10.3. The van der Waals surface area contributed by atoms with Crippen LogP contribution in [0, 0.1) is 0 Å². The number of nitrogens with one attached hydrogen (secondary N) is 1. The maximum absolute atomic E-state index is 4.39. The number of aromatic nitrogens is 5. The van der Waals surface area contributed by atoms with Gasteiger partial charge in [-0.2, -0.15) is 4.37 Å². The first-order valence-electron chi connectivity index (χ1n) is 5.76. The molecule has 0 aliphatic heterocycles. The number of anilines is 1. The molecule has 0 saturated carbocycles. The van der Waals surface area contributed by atoms with Crippen LogP contribution in [0.4, 0.5) is 5.13 Å². The molecular formula is C10H16N6S. The number of nitrogens with zero attached hydrogens (tertiary/aromatic N) is 5. The monoisotopic (exact) mass is 252 g/mol. The van der Waals surface area contributed by atoms with Gasteiger partial charge < -0.3 is 9.88 Å². The molecule has 0 saturated heterocycles. The molecule has 2 rings (SSSR count). The van der Waals surface area contributed by atoms with Gasteiger partial charge in [-0.05, 0) is 13.3 Å². The molecule has 0 radical (unpaired) electrons. The van der Waals surface area contributed by atoms with E-state index in [0.717, 1.165) is 36.2 Å². The summed E-state index contributed by atoms with van der Waals surface area (Å²) in [5.74, 6) is 1.83. The Morgan fingerprint density at radius 3 is 3.06 bits per heavy atom. The van der Waals surface area contributed by atoms with E-state index in [0.29, 0.717) is 6.54 Å². The number of aryl methyl sites for hydroxylation is 2. The van der Waals surface area contributed by atoms with Crippen LogP contribution in [0.2, 0.25) is 0 Å². The Hall–Kier alpha value is -1.50. The second kappa shape index (κ2) is 5.72. The lowest BCUT2D eigenvalue weighted by molar-refractivity contribution is 0.707. The third kappa shape index (κ3) is 3.00. The highest BCUT2D eigenvalue weighted by Crippen LogP contribution is 2.12. The molecule has 92 valence electrons. The van der Waals surface area contributed by atoms with Gasteiger partial charge >= 0.3 is 0 Å². The molecule has 7 heteroatoms. The van der Waals surface area contributed by atoms with Gasteiger partial charge in [0.05, 0.1) is 6.54 Å². The van der Waals surface area contributed by atoms with Gasteiger partial charge in [-0.15, -0.1) is 10.2 Å². The normalized spacial score (nSPS) is 10.7. The highest BCUT2D eigenvalue weighted by Gasteiger charge is 2.05. The van der Waals surface area contributed by atoms with Crippen molar-refractivity contribution in [1.82, 2.24) is 24.1 Å². The summed E-state index contributed by atoms with van der Waals surface area (Å²) < 4.78 is 6.27. The quantitative estimate of drug-likeness (QED) is 0.847. The second-order valence-corrected chi connectivity index (χ2v) is 4.40. The van der Waals surface area contributed by atoms with Crippen molar-refractivity contribution in [3.8, 4) is 0 Å². The Morgan fingerprint density at radius 1 is 1.41 bits per heavy atom. The molecule has 0 fully saturated rings. The second-order valence-electron chi connectivity index (χ2n) is 3.65. The summed E-state index contributed by atoms with van der Waals surface area (Å²) in [6.07, 6.45) is 3.74. The molecule has 0 aliphatic carbocycles. The molecular weight excluding hydrogens is 236 g/mol. The van der Waals surface area contributed by atoms with Crippen LogP contribution in [0.1, 0.15) is 31.9 Å². The van der Waals surface area contributed by atoms with Crippen molar-refractivity contribution in [3.63, 3.8) is 0 Å². The Balaban J connectivity index is 1.93. The van der Waals surface area contributed by atoms with Gasteiger partial charge in [0, 0.05) is 24.5 Å². The minimum Gasteiger partial charge on any atom is -0.353 e. The van der Waals surface area contributed by atoms with Crippen LogP contribution in [0.25, 0.3) is 0 Å². The van der Waals surface area contributed by atoms with E-state index in [1.807, 2.05) is 4.57 Å². The van der Waals surface area contributed by atoms with Crippen molar-refractivity contribution in [1.29, 1.82) is 0 Å². The Labute approximate surface area is 104 Å². The minimum atomic E-state index is 0.634. The average Bonchev–Trinajstić information content (AvgIpc) is 2.95. The fraction of sp³-hybridized carbons (Fsp3) is 0.600. The van der Waals surface area contributed by atoms with Crippen LogP contribution in [-0.4, -0.2) is 24.1 Å². The van der Waals surface area contributed by atoms with E-state index in [1.54, 1.807) is 6.33 Å². The summed E-state index contributed by atoms with van der Waals surface area (Å²) in [6.45, 7) is 5.70. The zero-order chi connectivity index (χ0) is 12.1. The van der Waals surface area contributed by atoms with E-state index >= 15 is 0 Å². The summed E-state index contributed by atoms with van der Waals surface area (Å²) in [5.41, 5.74) is 0. The fourth-order valence-electron chi connectivity index (χ4n) is 1.49. The van der Waals surface area contributed by atoms with Crippen molar-refractivity contribution in [2.75, 3.05) is 5.32 Å².